The standard InChI is InChI=1S/C12H13NO3.C8H8/c1-9(11(14)16-8-10-7-15-10)12(4-5-12)3-2-6-13;1-2-8-6-4-3-5-7-8/h2-3,10H,1,4-5,7-8H2;2-7H,1H2. The van der Waals surface area contributed by atoms with E-state index in [2.05, 4.69) is 13.2 Å². The van der Waals surface area contributed by atoms with E-state index in [-0.39, 0.29) is 17.5 Å². The number of carbonyl (C=O) groups excluding carboxylic acids is 1. The molecule has 124 valence electrons. The SMILES string of the molecule is C=C(C(=O)OCC1CO1)C1(C=CC#N)CC1.C=Cc1ccccc1. The third-order valence-corrected chi connectivity index (χ3v) is 3.95. The number of allylic oxidation sites excluding steroid dienone is 2. The zero-order valence-corrected chi connectivity index (χ0v) is 13.6. The minimum atomic E-state index is -0.379. The van der Waals surface area contributed by atoms with Crippen molar-refractivity contribution in [3.63, 3.8) is 0 Å². The molecule has 1 unspecified atom stereocenters. The van der Waals surface area contributed by atoms with Gasteiger partial charge < -0.3 is 9.47 Å². The van der Waals surface area contributed by atoms with Gasteiger partial charge in [-0.1, -0.05) is 55.6 Å². The fourth-order valence-corrected chi connectivity index (χ4v) is 2.11. The van der Waals surface area contributed by atoms with E-state index in [1.165, 1.54) is 11.6 Å². The summed E-state index contributed by atoms with van der Waals surface area (Å²) in [6, 6.07) is 12.0. The molecule has 0 amide bonds. The monoisotopic (exact) mass is 323 g/mol. The van der Waals surface area contributed by atoms with Crippen LogP contribution in [0.4, 0.5) is 0 Å². The van der Waals surface area contributed by atoms with Gasteiger partial charge in [-0.15, -0.1) is 0 Å². The van der Waals surface area contributed by atoms with Crippen molar-refractivity contribution in [1.82, 2.24) is 0 Å². The van der Waals surface area contributed by atoms with Crippen LogP contribution in [0.15, 0.2) is 61.2 Å². The fraction of sp³-hybridized carbons (Fsp3) is 0.300. The maximum atomic E-state index is 11.6. The first-order chi connectivity index (χ1) is 11.6. The summed E-state index contributed by atoms with van der Waals surface area (Å²) >= 11 is 0. The van der Waals surface area contributed by atoms with Gasteiger partial charge in [0, 0.05) is 17.1 Å². The molecule has 3 rings (SSSR count). The molecule has 1 aromatic rings. The summed E-state index contributed by atoms with van der Waals surface area (Å²) in [6.45, 7) is 8.36. The third kappa shape index (κ3) is 5.22. The van der Waals surface area contributed by atoms with Gasteiger partial charge in [-0.2, -0.15) is 5.26 Å². The van der Waals surface area contributed by atoms with Crippen molar-refractivity contribution < 1.29 is 14.3 Å². The highest BCUT2D eigenvalue weighted by Crippen LogP contribution is 2.52. The zero-order chi connectivity index (χ0) is 17.4. The molecule has 1 heterocycles. The highest BCUT2D eigenvalue weighted by Gasteiger charge is 2.46. The lowest BCUT2D eigenvalue weighted by atomic mass is 9.97. The van der Waals surface area contributed by atoms with Gasteiger partial charge in [0.15, 0.2) is 0 Å². The van der Waals surface area contributed by atoms with Gasteiger partial charge in [-0.3, -0.25) is 0 Å². The largest absolute Gasteiger partial charge is 0.459 e. The summed E-state index contributed by atoms with van der Waals surface area (Å²) in [4.78, 5) is 11.6. The highest BCUT2D eigenvalue weighted by molar-refractivity contribution is 5.90. The first-order valence-electron chi connectivity index (χ1n) is 7.84. The molecule has 0 bridgehead atoms. The van der Waals surface area contributed by atoms with E-state index in [0.29, 0.717) is 18.8 Å². The molecule has 4 heteroatoms. The van der Waals surface area contributed by atoms with Crippen LogP contribution in [0.25, 0.3) is 6.08 Å². The zero-order valence-electron chi connectivity index (χ0n) is 13.6. The minimum absolute atomic E-state index is 0.0709. The van der Waals surface area contributed by atoms with Crippen LogP contribution in [0, 0.1) is 16.7 Å². The molecule has 0 spiro atoms. The summed E-state index contributed by atoms with van der Waals surface area (Å²) in [6.07, 6.45) is 6.76. The Hall–Kier alpha value is -2.64. The Kier molecular flexibility index (Phi) is 6.11. The lowest BCUT2D eigenvalue weighted by Gasteiger charge is -2.12. The normalized spacial score (nSPS) is 19.4. The van der Waals surface area contributed by atoms with E-state index in [0.717, 1.165) is 12.8 Å². The van der Waals surface area contributed by atoms with Gasteiger partial charge in [0.05, 0.1) is 12.7 Å². The van der Waals surface area contributed by atoms with E-state index < -0.39 is 0 Å². The predicted octanol–water partition coefficient (Wildman–Crippen LogP) is 3.67. The summed E-state index contributed by atoms with van der Waals surface area (Å²) in [5.74, 6) is -0.379. The summed E-state index contributed by atoms with van der Waals surface area (Å²) < 4.78 is 9.99. The molecule has 24 heavy (non-hydrogen) atoms. The Bertz CT molecular complexity index is 662. The van der Waals surface area contributed by atoms with Gasteiger partial charge in [0.25, 0.3) is 0 Å². The quantitative estimate of drug-likeness (QED) is 0.347. The van der Waals surface area contributed by atoms with Crippen LogP contribution in [0.3, 0.4) is 0 Å². The van der Waals surface area contributed by atoms with E-state index in [1.807, 2.05) is 42.5 Å². The maximum absolute atomic E-state index is 11.6. The lowest BCUT2D eigenvalue weighted by Crippen LogP contribution is -2.17. The molecule has 1 saturated carbocycles. The smallest absolute Gasteiger partial charge is 0.334 e. The average Bonchev–Trinajstić information content (AvgIpc) is 3.54. The van der Waals surface area contributed by atoms with E-state index in [4.69, 9.17) is 14.7 Å². The Balaban J connectivity index is 0.000000219. The molecular formula is C20H21NO3. The molecule has 1 aliphatic heterocycles. The van der Waals surface area contributed by atoms with Crippen molar-refractivity contribution in [1.29, 1.82) is 5.26 Å². The Labute approximate surface area is 142 Å². The number of hydrogen-bond acceptors (Lipinski definition) is 4. The maximum Gasteiger partial charge on any atom is 0.334 e. The Morgan fingerprint density at radius 2 is 2.08 bits per heavy atom. The van der Waals surface area contributed by atoms with Crippen LogP contribution < -0.4 is 0 Å². The van der Waals surface area contributed by atoms with Crippen LogP contribution in [0.1, 0.15) is 18.4 Å². The van der Waals surface area contributed by atoms with E-state index in [1.54, 1.807) is 6.08 Å². The molecule has 1 aliphatic carbocycles. The lowest BCUT2D eigenvalue weighted by molar-refractivity contribution is -0.140. The van der Waals surface area contributed by atoms with Gasteiger partial charge >= 0.3 is 5.97 Å². The second-order valence-corrected chi connectivity index (χ2v) is 5.77. The molecule has 1 aromatic carbocycles. The number of nitrogens with zero attached hydrogens (tertiary/aromatic N) is 1. The van der Waals surface area contributed by atoms with Gasteiger partial charge in [-0.25, -0.2) is 4.79 Å². The van der Waals surface area contributed by atoms with Gasteiger partial charge in [0.1, 0.15) is 12.7 Å². The van der Waals surface area contributed by atoms with Crippen molar-refractivity contribution in [2.45, 2.75) is 18.9 Å². The molecule has 1 saturated heterocycles. The second kappa shape index (κ2) is 8.28. The number of nitriles is 1. The summed E-state index contributed by atoms with van der Waals surface area (Å²) in [7, 11) is 0. The van der Waals surface area contributed by atoms with Crippen LogP contribution >= 0.6 is 0 Å². The Morgan fingerprint density at radius 3 is 2.54 bits per heavy atom. The first kappa shape index (κ1) is 17.7. The van der Waals surface area contributed by atoms with Crippen LogP contribution in [0.2, 0.25) is 0 Å². The third-order valence-electron chi connectivity index (χ3n) is 3.95. The summed E-state index contributed by atoms with van der Waals surface area (Å²) in [5.41, 5.74) is 1.30. The predicted molar refractivity (Wildman–Crippen MR) is 92.8 cm³/mol. The van der Waals surface area contributed by atoms with E-state index in [9.17, 15) is 4.79 Å². The van der Waals surface area contributed by atoms with Gasteiger partial charge in [0.2, 0.25) is 0 Å². The Morgan fingerprint density at radius 1 is 1.42 bits per heavy atom. The molecule has 4 nitrogen and oxygen atoms in total. The van der Waals surface area contributed by atoms with Crippen LogP contribution in [0.5, 0.6) is 0 Å². The van der Waals surface area contributed by atoms with Crippen molar-refractivity contribution >= 4 is 12.0 Å². The molecule has 2 fully saturated rings. The van der Waals surface area contributed by atoms with E-state index >= 15 is 0 Å². The van der Waals surface area contributed by atoms with Crippen LogP contribution in [-0.4, -0.2) is 25.3 Å². The minimum Gasteiger partial charge on any atom is -0.459 e. The highest BCUT2D eigenvalue weighted by atomic mass is 16.6. The fourth-order valence-electron chi connectivity index (χ4n) is 2.11. The number of ether oxygens (including phenoxy) is 2. The van der Waals surface area contributed by atoms with Crippen molar-refractivity contribution in [2.75, 3.05) is 13.2 Å². The van der Waals surface area contributed by atoms with Crippen molar-refractivity contribution in [3.05, 3.63) is 66.8 Å². The average molecular weight is 323 g/mol. The number of carbonyl (C=O) groups is 1. The summed E-state index contributed by atoms with van der Waals surface area (Å²) in [5, 5.41) is 8.46. The topological polar surface area (TPSA) is 62.6 Å². The molecular weight excluding hydrogens is 302 g/mol. The number of epoxide rings is 1. The van der Waals surface area contributed by atoms with Gasteiger partial charge in [-0.05, 0) is 18.4 Å². The molecule has 2 aliphatic rings. The molecule has 0 radical (unpaired) electrons. The second-order valence-electron chi connectivity index (χ2n) is 5.77. The van der Waals surface area contributed by atoms with Crippen molar-refractivity contribution in [3.8, 4) is 6.07 Å². The number of rotatable bonds is 6. The van der Waals surface area contributed by atoms with Crippen molar-refractivity contribution in [2.24, 2.45) is 5.41 Å². The van der Waals surface area contributed by atoms with Crippen LogP contribution in [-0.2, 0) is 14.3 Å². The number of hydrogen-bond donors (Lipinski definition) is 0. The molecule has 0 N–H and O–H groups in total. The number of esters is 1. The first-order valence-corrected chi connectivity index (χ1v) is 7.84. The number of benzene rings is 1. The molecule has 0 aromatic heterocycles. The molecule has 1 atom stereocenters.